The third-order valence-corrected chi connectivity index (χ3v) is 5.30. The number of carbonyl (C=O) groups is 2. The summed E-state index contributed by atoms with van der Waals surface area (Å²) in [6.07, 6.45) is 2.60. The number of aromatic nitrogens is 1. The van der Waals surface area contributed by atoms with Gasteiger partial charge in [-0.2, -0.15) is 0 Å². The quantitative estimate of drug-likeness (QED) is 0.894. The SMILES string of the molecule is Cc1nc(C)c([C@H](C)N(C)C(=O)N[C@H]2CCCCNC2=O)s1. The normalized spacial score (nSPS) is 20.0. The van der Waals surface area contributed by atoms with E-state index in [0.717, 1.165) is 28.4 Å². The van der Waals surface area contributed by atoms with Gasteiger partial charge in [-0.15, -0.1) is 11.3 Å². The van der Waals surface area contributed by atoms with Gasteiger partial charge in [0.2, 0.25) is 5.91 Å². The number of urea groups is 1. The molecule has 1 saturated heterocycles. The Hall–Kier alpha value is -1.63. The summed E-state index contributed by atoms with van der Waals surface area (Å²) in [7, 11) is 1.75. The Morgan fingerprint density at radius 2 is 2.18 bits per heavy atom. The van der Waals surface area contributed by atoms with Crippen molar-refractivity contribution >= 4 is 23.3 Å². The van der Waals surface area contributed by atoms with E-state index in [1.165, 1.54) is 0 Å². The van der Waals surface area contributed by atoms with Gasteiger partial charge in [0.25, 0.3) is 0 Å². The molecule has 1 aliphatic heterocycles. The summed E-state index contributed by atoms with van der Waals surface area (Å²) in [6.45, 7) is 6.59. The minimum atomic E-state index is -0.436. The van der Waals surface area contributed by atoms with Crippen molar-refractivity contribution in [2.75, 3.05) is 13.6 Å². The summed E-state index contributed by atoms with van der Waals surface area (Å²) in [6, 6.07) is -0.728. The number of hydrogen-bond acceptors (Lipinski definition) is 4. The van der Waals surface area contributed by atoms with Crippen LogP contribution < -0.4 is 10.6 Å². The number of carbonyl (C=O) groups excluding carboxylic acids is 2. The Kier molecular flexibility index (Phi) is 5.39. The summed E-state index contributed by atoms with van der Waals surface area (Å²) in [5.41, 5.74) is 0.960. The third-order valence-electron chi connectivity index (χ3n) is 4.05. The van der Waals surface area contributed by atoms with E-state index in [4.69, 9.17) is 0 Å². The molecule has 3 amide bonds. The van der Waals surface area contributed by atoms with Crippen molar-refractivity contribution in [3.63, 3.8) is 0 Å². The highest BCUT2D eigenvalue weighted by atomic mass is 32.1. The van der Waals surface area contributed by atoms with Crippen molar-refractivity contribution in [2.24, 2.45) is 0 Å². The fourth-order valence-electron chi connectivity index (χ4n) is 2.61. The zero-order chi connectivity index (χ0) is 16.3. The number of amides is 3. The van der Waals surface area contributed by atoms with Crippen LogP contribution in [0.15, 0.2) is 0 Å². The molecule has 0 aromatic carbocycles. The van der Waals surface area contributed by atoms with E-state index < -0.39 is 6.04 Å². The standard InChI is InChI=1S/C15H24N4O2S/c1-9-13(22-11(3)17-9)10(2)19(4)15(21)18-12-7-5-6-8-16-14(12)20/h10,12H,5-8H2,1-4H3,(H,16,20)(H,18,21)/t10-,12-/m0/s1. The zero-order valence-corrected chi connectivity index (χ0v) is 14.4. The minimum Gasteiger partial charge on any atom is -0.354 e. The van der Waals surface area contributed by atoms with Crippen molar-refractivity contribution in [2.45, 2.75) is 52.1 Å². The molecule has 1 fully saturated rings. The maximum atomic E-state index is 12.4. The Morgan fingerprint density at radius 1 is 1.45 bits per heavy atom. The maximum absolute atomic E-state index is 12.4. The van der Waals surface area contributed by atoms with Gasteiger partial charge in [0.15, 0.2) is 0 Å². The fourth-order valence-corrected chi connectivity index (χ4v) is 3.64. The summed E-state index contributed by atoms with van der Waals surface area (Å²) in [5.74, 6) is -0.0864. The van der Waals surface area contributed by atoms with Gasteiger partial charge < -0.3 is 15.5 Å². The van der Waals surface area contributed by atoms with Gasteiger partial charge in [0, 0.05) is 18.5 Å². The fraction of sp³-hybridized carbons (Fsp3) is 0.667. The van der Waals surface area contributed by atoms with E-state index in [1.807, 2.05) is 20.8 Å². The minimum absolute atomic E-state index is 0.0694. The summed E-state index contributed by atoms with van der Waals surface area (Å²) >= 11 is 1.61. The lowest BCUT2D eigenvalue weighted by molar-refractivity contribution is -0.122. The van der Waals surface area contributed by atoms with Gasteiger partial charge in [0.05, 0.1) is 16.7 Å². The first-order chi connectivity index (χ1) is 10.4. The summed E-state index contributed by atoms with van der Waals surface area (Å²) < 4.78 is 0. The largest absolute Gasteiger partial charge is 0.354 e. The maximum Gasteiger partial charge on any atom is 0.318 e. The van der Waals surface area contributed by atoms with Crippen LogP contribution in [0.1, 0.15) is 47.8 Å². The number of nitrogens with one attached hydrogen (secondary N) is 2. The molecule has 6 nitrogen and oxygen atoms in total. The zero-order valence-electron chi connectivity index (χ0n) is 13.6. The van der Waals surface area contributed by atoms with Gasteiger partial charge in [-0.25, -0.2) is 9.78 Å². The van der Waals surface area contributed by atoms with Crippen molar-refractivity contribution in [3.8, 4) is 0 Å². The van der Waals surface area contributed by atoms with E-state index >= 15 is 0 Å². The van der Waals surface area contributed by atoms with Crippen LogP contribution in [-0.2, 0) is 4.79 Å². The Labute approximate surface area is 135 Å². The highest BCUT2D eigenvalue weighted by molar-refractivity contribution is 7.11. The van der Waals surface area contributed by atoms with Crippen LogP contribution in [0.25, 0.3) is 0 Å². The molecule has 2 N–H and O–H groups in total. The molecule has 1 aliphatic rings. The summed E-state index contributed by atoms with van der Waals surface area (Å²) in [5, 5.41) is 6.67. The lowest BCUT2D eigenvalue weighted by Gasteiger charge is -2.27. The Balaban J connectivity index is 2.02. The van der Waals surface area contributed by atoms with Gasteiger partial charge in [-0.1, -0.05) is 0 Å². The molecule has 0 saturated carbocycles. The van der Waals surface area contributed by atoms with Crippen LogP contribution in [0.5, 0.6) is 0 Å². The van der Waals surface area contributed by atoms with Crippen molar-refractivity contribution in [1.82, 2.24) is 20.5 Å². The van der Waals surface area contributed by atoms with E-state index in [-0.39, 0.29) is 18.0 Å². The second kappa shape index (κ2) is 7.09. The van der Waals surface area contributed by atoms with E-state index in [9.17, 15) is 9.59 Å². The molecule has 0 radical (unpaired) electrons. The van der Waals surface area contributed by atoms with Gasteiger partial charge >= 0.3 is 6.03 Å². The highest BCUT2D eigenvalue weighted by Gasteiger charge is 2.26. The van der Waals surface area contributed by atoms with Crippen molar-refractivity contribution in [3.05, 3.63) is 15.6 Å². The molecule has 0 aliphatic carbocycles. The predicted molar refractivity (Wildman–Crippen MR) is 86.9 cm³/mol. The molecule has 2 rings (SSSR count). The van der Waals surface area contributed by atoms with E-state index in [2.05, 4.69) is 15.6 Å². The molecule has 0 bridgehead atoms. The van der Waals surface area contributed by atoms with Crippen molar-refractivity contribution in [1.29, 1.82) is 0 Å². The highest BCUT2D eigenvalue weighted by Crippen LogP contribution is 2.28. The molecular formula is C15H24N4O2S. The molecule has 7 heteroatoms. The van der Waals surface area contributed by atoms with Crippen LogP contribution in [0, 0.1) is 13.8 Å². The van der Waals surface area contributed by atoms with Crippen LogP contribution in [-0.4, -0.2) is 41.5 Å². The molecular weight excluding hydrogens is 300 g/mol. The van der Waals surface area contributed by atoms with Crippen LogP contribution in [0.2, 0.25) is 0 Å². The molecule has 1 aromatic rings. The number of rotatable bonds is 3. The molecule has 1 aromatic heterocycles. The number of nitrogens with zero attached hydrogens (tertiary/aromatic N) is 2. The summed E-state index contributed by atoms with van der Waals surface area (Å²) in [4.78, 5) is 31.5. The second-order valence-corrected chi connectivity index (χ2v) is 6.99. The van der Waals surface area contributed by atoms with E-state index in [0.29, 0.717) is 13.0 Å². The van der Waals surface area contributed by atoms with Crippen LogP contribution in [0.4, 0.5) is 4.79 Å². The number of hydrogen-bond donors (Lipinski definition) is 2. The topological polar surface area (TPSA) is 74.3 Å². The van der Waals surface area contributed by atoms with Crippen LogP contribution in [0.3, 0.4) is 0 Å². The van der Waals surface area contributed by atoms with Gasteiger partial charge in [-0.3, -0.25) is 4.79 Å². The van der Waals surface area contributed by atoms with Crippen LogP contribution >= 0.6 is 11.3 Å². The lowest BCUT2D eigenvalue weighted by Crippen LogP contribution is -2.49. The molecule has 0 unspecified atom stereocenters. The number of aryl methyl sites for hydroxylation is 2. The number of thiazole rings is 1. The Bertz CT molecular complexity index is 558. The first-order valence-corrected chi connectivity index (χ1v) is 8.46. The first kappa shape index (κ1) is 16.7. The Morgan fingerprint density at radius 3 is 2.82 bits per heavy atom. The molecule has 2 heterocycles. The monoisotopic (exact) mass is 324 g/mol. The average Bonchev–Trinajstić information content (AvgIpc) is 2.68. The molecule has 2 atom stereocenters. The predicted octanol–water partition coefficient (Wildman–Crippen LogP) is 2.13. The third kappa shape index (κ3) is 3.76. The molecule has 22 heavy (non-hydrogen) atoms. The first-order valence-electron chi connectivity index (χ1n) is 7.65. The van der Waals surface area contributed by atoms with Crippen molar-refractivity contribution < 1.29 is 9.59 Å². The second-order valence-electron chi connectivity index (χ2n) is 5.76. The van der Waals surface area contributed by atoms with Gasteiger partial charge in [-0.05, 0) is 40.0 Å². The molecule has 0 spiro atoms. The molecule has 122 valence electrons. The average molecular weight is 324 g/mol. The van der Waals surface area contributed by atoms with Gasteiger partial charge in [0.1, 0.15) is 6.04 Å². The lowest BCUT2D eigenvalue weighted by atomic mass is 10.1. The smallest absolute Gasteiger partial charge is 0.318 e. The van der Waals surface area contributed by atoms with E-state index in [1.54, 1.807) is 23.3 Å².